The Bertz CT molecular complexity index is 440. The fraction of sp³-hybridized carbons (Fsp3) is 0.667. The van der Waals surface area contributed by atoms with E-state index in [2.05, 4.69) is 34.3 Å². The summed E-state index contributed by atoms with van der Waals surface area (Å²) in [6.45, 7) is 4.21. The van der Waals surface area contributed by atoms with E-state index in [0.29, 0.717) is 6.04 Å². The number of hydrogen-bond acceptors (Lipinski definition) is 4. The van der Waals surface area contributed by atoms with E-state index in [1.807, 2.05) is 11.3 Å². The molecule has 1 aromatic heterocycles. The second-order valence-corrected chi connectivity index (χ2v) is 7.04. The number of hydrogen-bond donors (Lipinski definition) is 1. The lowest BCUT2D eigenvalue weighted by molar-refractivity contribution is 0.170. The maximum atomic E-state index is 6.11. The molecule has 1 aliphatic carbocycles. The van der Waals surface area contributed by atoms with Crippen LogP contribution in [0.4, 0.5) is 0 Å². The van der Waals surface area contributed by atoms with Crippen LogP contribution >= 0.6 is 11.3 Å². The van der Waals surface area contributed by atoms with E-state index in [0.717, 1.165) is 30.9 Å². The van der Waals surface area contributed by atoms with Crippen LogP contribution in [0.5, 0.6) is 0 Å². The molecule has 2 N–H and O–H groups in total. The van der Waals surface area contributed by atoms with Crippen molar-refractivity contribution in [3.8, 4) is 0 Å². The van der Waals surface area contributed by atoms with E-state index < -0.39 is 0 Å². The molecule has 0 aromatic carbocycles. The summed E-state index contributed by atoms with van der Waals surface area (Å²) in [5.74, 6) is 2.38. The summed E-state index contributed by atoms with van der Waals surface area (Å²) in [7, 11) is 0. The molecule has 0 saturated heterocycles. The molecule has 3 atom stereocenters. The van der Waals surface area contributed by atoms with E-state index in [1.165, 1.54) is 30.6 Å². The van der Waals surface area contributed by atoms with Gasteiger partial charge in [0, 0.05) is 4.88 Å². The van der Waals surface area contributed by atoms with Gasteiger partial charge in [-0.25, -0.2) is 0 Å². The highest BCUT2D eigenvalue weighted by Gasteiger charge is 2.35. The van der Waals surface area contributed by atoms with Gasteiger partial charge in [-0.3, -0.25) is 4.99 Å². The lowest BCUT2D eigenvalue weighted by atomic mass is 9.78. The maximum Gasteiger partial charge on any atom is 0.191 e. The van der Waals surface area contributed by atoms with Crippen molar-refractivity contribution in [1.82, 2.24) is 4.90 Å². The molecule has 0 radical (unpaired) electrons. The van der Waals surface area contributed by atoms with Crippen molar-refractivity contribution in [2.24, 2.45) is 22.6 Å². The van der Waals surface area contributed by atoms with E-state index in [9.17, 15) is 0 Å². The van der Waals surface area contributed by atoms with Gasteiger partial charge in [0.15, 0.2) is 5.96 Å². The Labute approximate surface area is 119 Å². The highest BCUT2D eigenvalue weighted by atomic mass is 32.1. The molecular formula is C15H23N3S. The van der Waals surface area contributed by atoms with Gasteiger partial charge in [-0.1, -0.05) is 25.8 Å². The van der Waals surface area contributed by atoms with Gasteiger partial charge in [0.1, 0.15) is 0 Å². The predicted molar refractivity (Wildman–Crippen MR) is 81.3 cm³/mol. The first-order valence-corrected chi connectivity index (χ1v) is 8.21. The van der Waals surface area contributed by atoms with Crippen molar-refractivity contribution in [3.63, 3.8) is 0 Å². The molecule has 19 heavy (non-hydrogen) atoms. The molecule has 3 nitrogen and oxygen atoms in total. The molecule has 3 rings (SSSR count). The van der Waals surface area contributed by atoms with Crippen LogP contribution in [-0.2, 0) is 6.54 Å². The van der Waals surface area contributed by atoms with E-state index in [-0.39, 0.29) is 0 Å². The minimum Gasteiger partial charge on any atom is -0.370 e. The summed E-state index contributed by atoms with van der Waals surface area (Å²) in [4.78, 5) is 8.23. The third kappa shape index (κ3) is 2.78. The average molecular weight is 277 g/mol. The topological polar surface area (TPSA) is 41.6 Å². The summed E-state index contributed by atoms with van der Waals surface area (Å²) in [5.41, 5.74) is 6.11. The van der Waals surface area contributed by atoms with Crippen LogP contribution in [-0.4, -0.2) is 23.4 Å². The first-order chi connectivity index (χ1) is 9.24. The SMILES string of the molecule is CC1CCCC(C2CN=C(N)N2Cc2cccs2)C1. The molecule has 4 heteroatoms. The van der Waals surface area contributed by atoms with Crippen molar-refractivity contribution >= 4 is 17.3 Å². The zero-order valence-electron chi connectivity index (χ0n) is 11.6. The third-order valence-electron chi connectivity index (χ3n) is 4.56. The highest BCUT2D eigenvalue weighted by Crippen LogP contribution is 2.34. The van der Waals surface area contributed by atoms with Crippen molar-refractivity contribution in [1.29, 1.82) is 0 Å². The Kier molecular flexibility index (Phi) is 3.78. The Hall–Kier alpha value is -1.03. The van der Waals surface area contributed by atoms with Gasteiger partial charge in [0.2, 0.25) is 0 Å². The fourth-order valence-corrected chi connectivity index (χ4v) is 4.25. The molecule has 1 aliphatic heterocycles. The van der Waals surface area contributed by atoms with Crippen molar-refractivity contribution < 1.29 is 0 Å². The molecular weight excluding hydrogens is 254 g/mol. The second-order valence-electron chi connectivity index (χ2n) is 6.01. The van der Waals surface area contributed by atoms with Crippen LogP contribution in [0.1, 0.15) is 37.5 Å². The Morgan fingerprint density at radius 1 is 1.47 bits per heavy atom. The first-order valence-electron chi connectivity index (χ1n) is 7.33. The summed E-state index contributed by atoms with van der Waals surface area (Å²) in [6, 6.07) is 4.84. The number of nitrogens with zero attached hydrogens (tertiary/aromatic N) is 2. The smallest absolute Gasteiger partial charge is 0.191 e. The van der Waals surface area contributed by atoms with Gasteiger partial charge in [0.05, 0.1) is 19.1 Å². The summed E-state index contributed by atoms with van der Waals surface area (Å²) >= 11 is 1.81. The molecule has 1 aromatic rings. The number of guanidine groups is 1. The number of thiophene rings is 1. The molecule has 2 heterocycles. The van der Waals surface area contributed by atoms with Crippen LogP contribution in [0, 0.1) is 11.8 Å². The molecule has 0 bridgehead atoms. The molecule has 0 spiro atoms. The van der Waals surface area contributed by atoms with E-state index in [4.69, 9.17) is 5.73 Å². The van der Waals surface area contributed by atoms with Crippen LogP contribution < -0.4 is 5.73 Å². The lowest BCUT2D eigenvalue weighted by Gasteiger charge is -2.36. The molecule has 1 saturated carbocycles. The van der Waals surface area contributed by atoms with E-state index >= 15 is 0 Å². The number of rotatable bonds is 3. The Morgan fingerprint density at radius 3 is 3.11 bits per heavy atom. The minimum atomic E-state index is 0.532. The normalized spacial score (nSPS) is 31.5. The second kappa shape index (κ2) is 5.53. The van der Waals surface area contributed by atoms with Gasteiger partial charge < -0.3 is 10.6 Å². The number of nitrogens with two attached hydrogens (primary N) is 1. The van der Waals surface area contributed by atoms with Crippen molar-refractivity contribution in [3.05, 3.63) is 22.4 Å². The maximum absolute atomic E-state index is 6.11. The third-order valence-corrected chi connectivity index (χ3v) is 5.42. The average Bonchev–Trinajstić information content (AvgIpc) is 3.01. The molecule has 1 fully saturated rings. The first kappa shape index (κ1) is 13.0. The number of aliphatic imine (C=N–C) groups is 1. The summed E-state index contributed by atoms with van der Waals surface area (Å²) in [5, 5.41) is 2.14. The van der Waals surface area contributed by atoms with Gasteiger partial charge >= 0.3 is 0 Å². The Balaban J connectivity index is 1.70. The summed E-state index contributed by atoms with van der Waals surface area (Å²) in [6.07, 6.45) is 5.45. The van der Waals surface area contributed by atoms with Gasteiger partial charge in [-0.2, -0.15) is 0 Å². The zero-order valence-corrected chi connectivity index (χ0v) is 12.4. The van der Waals surface area contributed by atoms with Crippen molar-refractivity contribution in [2.75, 3.05) is 6.54 Å². The van der Waals surface area contributed by atoms with Gasteiger partial charge in [-0.15, -0.1) is 11.3 Å². The largest absolute Gasteiger partial charge is 0.370 e. The standard InChI is InChI=1S/C15H23N3S/c1-11-4-2-5-12(8-11)14-9-17-15(16)18(14)10-13-6-3-7-19-13/h3,6-7,11-12,14H,2,4-5,8-10H2,1H3,(H2,16,17). The van der Waals surface area contributed by atoms with E-state index in [1.54, 1.807) is 0 Å². The molecule has 104 valence electrons. The highest BCUT2D eigenvalue weighted by molar-refractivity contribution is 7.09. The van der Waals surface area contributed by atoms with Crippen LogP contribution in [0.15, 0.2) is 22.5 Å². The zero-order chi connectivity index (χ0) is 13.2. The van der Waals surface area contributed by atoms with Crippen LogP contribution in [0.25, 0.3) is 0 Å². The monoisotopic (exact) mass is 277 g/mol. The quantitative estimate of drug-likeness (QED) is 0.922. The minimum absolute atomic E-state index is 0.532. The van der Waals surface area contributed by atoms with Gasteiger partial charge in [0.25, 0.3) is 0 Å². The van der Waals surface area contributed by atoms with Gasteiger partial charge in [-0.05, 0) is 36.1 Å². The molecule has 3 unspecified atom stereocenters. The van der Waals surface area contributed by atoms with Crippen LogP contribution in [0.2, 0.25) is 0 Å². The lowest BCUT2D eigenvalue weighted by Crippen LogP contribution is -2.45. The molecule has 2 aliphatic rings. The van der Waals surface area contributed by atoms with Crippen LogP contribution in [0.3, 0.4) is 0 Å². The Morgan fingerprint density at radius 2 is 2.37 bits per heavy atom. The summed E-state index contributed by atoms with van der Waals surface area (Å²) < 4.78 is 0. The predicted octanol–water partition coefficient (Wildman–Crippen LogP) is 3.07. The molecule has 0 amide bonds. The fourth-order valence-electron chi connectivity index (χ4n) is 3.55. The van der Waals surface area contributed by atoms with Crippen molar-refractivity contribution in [2.45, 2.75) is 45.2 Å².